The Kier molecular flexibility index (Phi) is 4.05. The Hall–Kier alpha value is -2.25. The summed E-state index contributed by atoms with van der Waals surface area (Å²) in [5.74, 6) is 0.0264. The van der Waals surface area contributed by atoms with Crippen LogP contribution in [0.15, 0.2) is 57.8 Å². The quantitative estimate of drug-likeness (QED) is 0.717. The van der Waals surface area contributed by atoms with Crippen molar-refractivity contribution in [2.45, 2.75) is 23.7 Å². The van der Waals surface area contributed by atoms with E-state index >= 15 is 0 Å². The predicted molar refractivity (Wildman–Crippen MR) is 91.1 cm³/mol. The number of fused-ring (bicyclic) bond motifs is 1. The first-order valence-electron chi connectivity index (χ1n) is 8.15. The maximum Gasteiger partial charge on any atom is 0.243 e. The molecule has 1 aromatic heterocycles. The first kappa shape index (κ1) is 16.2. The molecule has 1 aliphatic heterocycles. The number of piperidine rings is 1. The van der Waals surface area contributed by atoms with Crippen LogP contribution < -0.4 is 0 Å². The lowest BCUT2D eigenvalue weighted by molar-refractivity contribution is 0.288. The number of rotatable bonds is 3. The lowest BCUT2D eigenvalue weighted by Gasteiger charge is -2.30. The molecule has 3 aromatic rings. The van der Waals surface area contributed by atoms with Crippen molar-refractivity contribution in [1.29, 1.82) is 0 Å². The van der Waals surface area contributed by atoms with E-state index in [1.165, 1.54) is 16.4 Å². The Balaban J connectivity index is 1.61. The van der Waals surface area contributed by atoms with E-state index in [-0.39, 0.29) is 10.8 Å². The average molecular weight is 360 g/mol. The van der Waals surface area contributed by atoms with Gasteiger partial charge in [-0.15, -0.1) is 0 Å². The maximum absolute atomic E-state index is 13.1. The first-order valence-corrected chi connectivity index (χ1v) is 9.59. The molecule has 130 valence electrons. The highest BCUT2D eigenvalue weighted by Crippen LogP contribution is 2.31. The van der Waals surface area contributed by atoms with Gasteiger partial charge in [-0.05, 0) is 49.2 Å². The monoisotopic (exact) mass is 360 g/mol. The molecule has 0 amide bonds. The van der Waals surface area contributed by atoms with Gasteiger partial charge >= 0.3 is 0 Å². The van der Waals surface area contributed by atoms with Gasteiger partial charge in [0.05, 0.1) is 4.90 Å². The molecule has 1 aliphatic rings. The summed E-state index contributed by atoms with van der Waals surface area (Å²) in [6.07, 6.45) is 1.55. The van der Waals surface area contributed by atoms with Gasteiger partial charge in [-0.25, -0.2) is 17.8 Å². The van der Waals surface area contributed by atoms with Crippen molar-refractivity contribution >= 4 is 21.1 Å². The summed E-state index contributed by atoms with van der Waals surface area (Å²) < 4.78 is 45.9. The van der Waals surface area contributed by atoms with Crippen LogP contribution >= 0.6 is 0 Å². The van der Waals surface area contributed by atoms with Gasteiger partial charge in [0.2, 0.25) is 10.0 Å². The molecule has 2 heterocycles. The molecule has 1 unspecified atom stereocenters. The van der Waals surface area contributed by atoms with E-state index in [0.29, 0.717) is 24.6 Å². The number of nitrogens with zero attached hydrogens (tertiary/aromatic N) is 2. The average Bonchev–Trinajstić information content (AvgIpc) is 3.06. The van der Waals surface area contributed by atoms with Gasteiger partial charge in [-0.2, -0.15) is 4.31 Å². The van der Waals surface area contributed by atoms with Crippen LogP contribution in [0, 0.1) is 5.82 Å². The number of para-hydroxylation sites is 2. The summed E-state index contributed by atoms with van der Waals surface area (Å²) in [5, 5.41) is 0. The minimum Gasteiger partial charge on any atom is -0.440 e. The summed E-state index contributed by atoms with van der Waals surface area (Å²) in [6, 6.07) is 12.4. The van der Waals surface area contributed by atoms with Crippen molar-refractivity contribution in [1.82, 2.24) is 9.29 Å². The van der Waals surface area contributed by atoms with Crippen LogP contribution in [0.25, 0.3) is 11.1 Å². The molecule has 4 rings (SSSR count). The topological polar surface area (TPSA) is 63.4 Å². The normalized spacial score (nSPS) is 19.3. The van der Waals surface area contributed by atoms with Crippen LogP contribution in [0.4, 0.5) is 4.39 Å². The molecule has 7 heteroatoms. The molecule has 1 atom stereocenters. The number of hydrogen-bond acceptors (Lipinski definition) is 4. The lowest BCUT2D eigenvalue weighted by Crippen LogP contribution is -2.39. The lowest BCUT2D eigenvalue weighted by atomic mass is 10.00. The molecule has 0 radical (unpaired) electrons. The van der Waals surface area contributed by atoms with Crippen molar-refractivity contribution < 1.29 is 17.2 Å². The highest BCUT2D eigenvalue weighted by atomic mass is 32.2. The van der Waals surface area contributed by atoms with Crippen molar-refractivity contribution in [3.63, 3.8) is 0 Å². The zero-order chi connectivity index (χ0) is 17.4. The summed E-state index contributed by atoms with van der Waals surface area (Å²) in [7, 11) is -3.65. The van der Waals surface area contributed by atoms with Crippen molar-refractivity contribution in [3.8, 4) is 0 Å². The van der Waals surface area contributed by atoms with E-state index in [0.717, 1.165) is 30.5 Å². The number of benzene rings is 2. The first-order chi connectivity index (χ1) is 12.0. The van der Waals surface area contributed by atoms with E-state index in [9.17, 15) is 12.8 Å². The Labute approximate surface area is 145 Å². The van der Waals surface area contributed by atoms with Gasteiger partial charge in [-0.3, -0.25) is 0 Å². The third-order valence-electron chi connectivity index (χ3n) is 4.50. The summed E-state index contributed by atoms with van der Waals surface area (Å²) in [6.45, 7) is 0.753. The van der Waals surface area contributed by atoms with Gasteiger partial charge in [0.15, 0.2) is 11.5 Å². The summed E-state index contributed by atoms with van der Waals surface area (Å²) in [4.78, 5) is 4.60. The van der Waals surface area contributed by atoms with Gasteiger partial charge in [-0.1, -0.05) is 12.1 Å². The maximum atomic E-state index is 13.1. The third-order valence-corrected chi connectivity index (χ3v) is 6.37. The van der Waals surface area contributed by atoms with Crippen LogP contribution in [-0.4, -0.2) is 30.8 Å². The molecule has 0 bridgehead atoms. The number of sulfonamides is 1. The molecular weight excluding hydrogens is 343 g/mol. The van der Waals surface area contributed by atoms with Gasteiger partial charge in [0, 0.05) is 19.0 Å². The summed E-state index contributed by atoms with van der Waals surface area (Å²) in [5.41, 5.74) is 1.48. The van der Waals surface area contributed by atoms with E-state index in [2.05, 4.69) is 4.98 Å². The molecule has 2 aromatic carbocycles. The Morgan fingerprint density at radius 3 is 2.64 bits per heavy atom. The summed E-state index contributed by atoms with van der Waals surface area (Å²) >= 11 is 0. The largest absolute Gasteiger partial charge is 0.440 e. The standard InChI is InChI=1S/C18H17FN2O3S/c19-14-7-9-15(10-8-14)25(22,23)21-11-3-4-13(12-21)18-20-16-5-1-2-6-17(16)24-18/h1-2,5-10,13H,3-4,11-12H2. The minimum absolute atomic E-state index is 0.0867. The highest BCUT2D eigenvalue weighted by molar-refractivity contribution is 7.89. The molecule has 1 saturated heterocycles. The molecule has 1 fully saturated rings. The van der Waals surface area contributed by atoms with E-state index < -0.39 is 15.8 Å². The number of halogens is 1. The number of oxazole rings is 1. The van der Waals surface area contributed by atoms with Crippen LogP contribution in [0.3, 0.4) is 0 Å². The van der Waals surface area contributed by atoms with E-state index in [1.54, 1.807) is 0 Å². The fourth-order valence-corrected chi connectivity index (χ4v) is 4.71. The van der Waals surface area contributed by atoms with Crippen LogP contribution in [0.2, 0.25) is 0 Å². The highest BCUT2D eigenvalue weighted by Gasteiger charge is 2.33. The Morgan fingerprint density at radius 2 is 1.88 bits per heavy atom. The number of aromatic nitrogens is 1. The molecule has 5 nitrogen and oxygen atoms in total. The second kappa shape index (κ2) is 6.24. The smallest absolute Gasteiger partial charge is 0.243 e. The molecule has 0 aliphatic carbocycles. The molecule has 0 N–H and O–H groups in total. The van der Waals surface area contributed by atoms with Gasteiger partial charge < -0.3 is 4.42 Å². The van der Waals surface area contributed by atoms with E-state index in [1.807, 2.05) is 24.3 Å². The predicted octanol–water partition coefficient (Wildman–Crippen LogP) is 3.54. The van der Waals surface area contributed by atoms with Crippen LogP contribution in [0.1, 0.15) is 24.7 Å². The zero-order valence-corrected chi connectivity index (χ0v) is 14.2. The molecular formula is C18H17FN2O3S. The third kappa shape index (κ3) is 3.05. The molecule has 0 spiro atoms. The minimum atomic E-state index is -3.65. The van der Waals surface area contributed by atoms with Crippen LogP contribution in [-0.2, 0) is 10.0 Å². The van der Waals surface area contributed by atoms with Crippen molar-refractivity contribution in [2.75, 3.05) is 13.1 Å². The second-order valence-electron chi connectivity index (χ2n) is 6.18. The molecule has 0 saturated carbocycles. The molecule has 25 heavy (non-hydrogen) atoms. The SMILES string of the molecule is O=S(=O)(c1ccc(F)cc1)N1CCCC(c2nc3ccccc3o2)C1. The van der Waals surface area contributed by atoms with Crippen molar-refractivity contribution in [3.05, 3.63) is 60.2 Å². The number of hydrogen-bond donors (Lipinski definition) is 0. The van der Waals surface area contributed by atoms with Crippen LogP contribution in [0.5, 0.6) is 0 Å². The fourth-order valence-electron chi connectivity index (χ4n) is 3.18. The Bertz CT molecular complexity index is 966. The zero-order valence-electron chi connectivity index (χ0n) is 13.4. The van der Waals surface area contributed by atoms with Gasteiger partial charge in [0.1, 0.15) is 11.3 Å². The second-order valence-corrected chi connectivity index (χ2v) is 8.11. The van der Waals surface area contributed by atoms with Gasteiger partial charge in [0.25, 0.3) is 0 Å². The van der Waals surface area contributed by atoms with Crippen molar-refractivity contribution in [2.24, 2.45) is 0 Å². The van der Waals surface area contributed by atoms with E-state index in [4.69, 9.17) is 4.42 Å². The Morgan fingerprint density at radius 1 is 1.12 bits per heavy atom. The fraction of sp³-hybridized carbons (Fsp3) is 0.278.